The molecule has 0 radical (unpaired) electrons. The molecule has 0 heterocycles. The van der Waals surface area contributed by atoms with Crippen molar-refractivity contribution in [1.29, 1.82) is 0 Å². The second kappa shape index (κ2) is 10.5. The van der Waals surface area contributed by atoms with Crippen molar-refractivity contribution in [1.82, 2.24) is 0 Å². The molecule has 0 N–H and O–H groups in total. The number of fused-ring (bicyclic) bond motifs is 2. The first-order valence-electron chi connectivity index (χ1n) is 12.2. The topological polar surface area (TPSA) is 0 Å². The molecule has 0 atom stereocenters. The molecule has 4 aromatic rings. The van der Waals surface area contributed by atoms with Gasteiger partial charge in [-0.15, -0.1) is 0 Å². The summed E-state index contributed by atoms with van der Waals surface area (Å²) in [7, 11) is 0. The van der Waals surface area contributed by atoms with Gasteiger partial charge in [0.15, 0.2) is 26.9 Å². The van der Waals surface area contributed by atoms with E-state index in [1.54, 1.807) is 0 Å². The van der Waals surface area contributed by atoms with E-state index in [-0.39, 0.29) is 0 Å². The fraction of sp³-hybridized carbons (Fsp3) is 0.286. The van der Waals surface area contributed by atoms with E-state index in [0.717, 1.165) is 0 Å². The summed E-state index contributed by atoms with van der Waals surface area (Å²) in [5, 5.41) is 5.55. The first-order chi connectivity index (χ1) is 15.2. The fourth-order valence-electron chi connectivity index (χ4n) is 4.37. The molecule has 0 aromatic heterocycles. The predicted octanol–water partition coefficient (Wildman–Crippen LogP) is 5.53. The Bertz CT molecular complexity index is 1100. The Morgan fingerprint density at radius 3 is 1.09 bits per heavy atom. The molecule has 4 heteroatoms. The lowest BCUT2D eigenvalue weighted by molar-refractivity contribution is 1.78. The Kier molecular flexibility index (Phi) is 7.99. The Hall–Kier alpha value is -2.34. The van der Waals surface area contributed by atoms with Gasteiger partial charge in [-0.05, 0) is 21.5 Å². The number of benzene rings is 4. The molecule has 0 spiro atoms. The van der Waals surface area contributed by atoms with E-state index in [9.17, 15) is 0 Å². The first kappa shape index (κ1) is 24.3. The molecule has 0 bridgehead atoms. The molecule has 0 aliphatic rings. The molecule has 0 saturated heterocycles. The van der Waals surface area contributed by atoms with Gasteiger partial charge < -0.3 is 0 Å². The lowest BCUT2D eigenvalue weighted by Gasteiger charge is -2.12. The third kappa shape index (κ3) is 5.52. The summed E-state index contributed by atoms with van der Waals surface area (Å²) in [5.41, 5.74) is 5.76. The number of hydrogen-bond donors (Lipinski definition) is 0. The summed E-state index contributed by atoms with van der Waals surface area (Å²) in [6, 6.07) is 27.0. The van der Waals surface area contributed by atoms with Gasteiger partial charge >= 0.3 is 0 Å². The maximum Gasteiger partial charge on any atom is 0.170 e. The Labute approximate surface area is 197 Å². The minimum atomic E-state index is 0.589. The van der Waals surface area contributed by atoms with Crippen LogP contribution in [0.5, 0.6) is 0 Å². The maximum absolute atomic E-state index is 2.31. The molecule has 32 heavy (non-hydrogen) atoms. The largest absolute Gasteiger partial charge is 0.170 e. The van der Waals surface area contributed by atoms with Crippen LogP contribution in [0.4, 0.5) is 0 Å². The van der Waals surface area contributed by atoms with Crippen LogP contribution in [0.15, 0.2) is 72.8 Å². The second-order valence-corrected chi connectivity index (χ2v) is 10.3. The molecule has 0 amide bonds. The highest BCUT2D eigenvalue weighted by Gasteiger charge is 2.12. The van der Waals surface area contributed by atoms with Crippen LogP contribution in [-0.2, 0) is 0 Å². The number of hydrogen-bond acceptors (Lipinski definition) is 0. The van der Waals surface area contributed by atoms with E-state index in [1.165, 1.54) is 43.4 Å². The Balaban J connectivity index is 0.000000181. The van der Waals surface area contributed by atoms with E-state index in [4.69, 9.17) is 0 Å². The second-order valence-electron chi connectivity index (χ2n) is 10.3. The molecule has 4 rings (SSSR count). The molecule has 0 aliphatic heterocycles. The van der Waals surface area contributed by atoms with Gasteiger partial charge in [-0.3, -0.25) is 0 Å². The standard InChI is InChI=1S/2C14H18B2/c1-15(2)13-9-5-8-12-11(13)7-6-10-14(12)16(3)4;1-15(2)13-7-5-12-10-14(16(3)4)8-6-11(12)9-13/h2*5-10H,1-4H3. The van der Waals surface area contributed by atoms with Gasteiger partial charge in [-0.25, -0.2) is 0 Å². The van der Waals surface area contributed by atoms with Gasteiger partial charge in [-0.2, -0.15) is 0 Å². The van der Waals surface area contributed by atoms with Crippen LogP contribution in [0.1, 0.15) is 0 Å². The van der Waals surface area contributed by atoms with E-state index >= 15 is 0 Å². The van der Waals surface area contributed by atoms with Gasteiger partial charge in [0.05, 0.1) is 0 Å². The summed E-state index contributed by atoms with van der Waals surface area (Å²) in [6.07, 6.45) is 0. The van der Waals surface area contributed by atoms with Gasteiger partial charge in [-0.1, -0.05) is 149 Å². The fourth-order valence-corrected chi connectivity index (χ4v) is 4.37. The summed E-state index contributed by atoms with van der Waals surface area (Å²) < 4.78 is 0. The smallest absolute Gasteiger partial charge is 0.0819 e. The minimum absolute atomic E-state index is 0.589. The highest BCUT2D eigenvalue weighted by atomic mass is 14.0. The average Bonchev–Trinajstić information content (AvgIpc) is 2.77. The van der Waals surface area contributed by atoms with Crippen LogP contribution in [0.25, 0.3) is 21.5 Å². The molecule has 4 aromatic carbocycles. The number of rotatable bonds is 4. The van der Waals surface area contributed by atoms with Crippen molar-refractivity contribution < 1.29 is 0 Å². The molecule has 160 valence electrons. The summed E-state index contributed by atoms with van der Waals surface area (Å²) in [4.78, 5) is 0. The van der Waals surface area contributed by atoms with Crippen molar-refractivity contribution in [2.24, 2.45) is 0 Å². The lowest BCUT2D eigenvalue weighted by atomic mass is 9.46. The Morgan fingerprint density at radius 2 is 0.781 bits per heavy atom. The summed E-state index contributed by atoms with van der Waals surface area (Å²) in [6.45, 7) is 20.4. The molecular weight excluding hydrogens is 380 g/mol. The SMILES string of the molecule is CB(C)c1ccc2cc(B(C)C)ccc2c1.CB(C)c1cccc2c(B(C)C)cccc12. The van der Waals surface area contributed by atoms with Gasteiger partial charge in [0.2, 0.25) is 0 Å². The van der Waals surface area contributed by atoms with Crippen LogP contribution in [0.3, 0.4) is 0 Å². The van der Waals surface area contributed by atoms with Crippen molar-refractivity contribution in [3.05, 3.63) is 72.8 Å². The quantitative estimate of drug-likeness (QED) is 0.385. The molecule has 0 saturated carbocycles. The van der Waals surface area contributed by atoms with Crippen molar-refractivity contribution in [2.75, 3.05) is 0 Å². The maximum atomic E-state index is 2.31. The third-order valence-electron chi connectivity index (χ3n) is 6.46. The molecule has 0 aliphatic carbocycles. The molecular formula is C28H36B4. The van der Waals surface area contributed by atoms with Crippen molar-refractivity contribution in [3.8, 4) is 0 Å². The monoisotopic (exact) mass is 416 g/mol. The van der Waals surface area contributed by atoms with Crippen LogP contribution in [-0.4, -0.2) is 26.9 Å². The minimum Gasteiger partial charge on any atom is -0.0819 e. The van der Waals surface area contributed by atoms with E-state index in [0.29, 0.717) is 26.9 Å². The van der Waals surface area contributed by atoms with Crippen LogP contribution in [0.2, 0.25) is 54.6 Å². The van der Waals surface area contributed by atoms with E-state index in [1.807, 2.05) is 0 Å². The average molecular weight is 416 g/mol. The van der Waals surface area contributed by atoms with Gasteiger partial charge in [0, 0.05) is 0 Å². The third-order valence-corrected chi connectivity index (χ3v) is 6.46. The molecule has 0 unspecified atom stereocenters. The van der Waals surface area contributed by atoms with Gasteiger partial charge in [0.25, 0.3) is 0 Å². The Morgan fingerprint density at radius 1 is 0.406 bits per heavy atom. The van der Waals surface area contributed by atoms with Crippen molar-refractivity contribution in [2.45, 2.75) is 54.6 Å². The zero-order valence-electron chi connectivity index (χ0n) is 21.2. The zero-order chi connectivity index (χ0) is 23.4. The molecule has 0 fully saturated rings. The first-order valence-corrected chi connectivity index (χ1v) is 12.2. The van der Waals surface area contributed by atoms with Crippen LogP contribution >= 0.6 is 0 Å². The van der Waals surface area contributed by atoms with E-state index < -0.39 is 0 Å². The zero-order valence-corrected chi connectivity index (χ0v) is 21.2. The van der Waals surface area contributed by atoms with Gasteiger partial charge in [0.1, 0.15) is 0 Å². The lowest BCUT2D eigenvalue weighted by Crippen LogP contribution is -2.28. The molecule has 0 nitrogen and oxygen atoms in total. The van der Waals surface area contributed by atoms with Crippen LogP contribution in [0, 0.1) is 0 Å². The van der Waals surface area contributed by atoms with E-state index in [2.05, 4.69) is 127 Å². The summed E-state index contributed by atoms with van der Waals surface area (Å²) >= 11 is 0. The van der Waals surface area contributed by atoms with Crippen LogP contribution < -0.4 is 21.9 Å². The summed E-state index contributed by atoms with van der Waals surface area (Å²) in [5.74, 6) is 0. The highest BCUT2D eigenvalue weighted by molar-refractivity contribution is 6.76. The highest BCUT2D eigenvalue weighted by Crippen LogP contribution is 2.12. The van der Waals surface area contributed by atoms with Crippen molar-refractivity contribution in [3.63, 3.8) is 0 Å². The normalized spacial score (nSPS) is 10.5. The van der Waals surface area contributed by atoms with Crippen molar-refractivity contribution >= 4 is 70.2 Å². The predicted molar refractivity (Wildman–Crippen MR) is 156 cm³/mol.